The SMILES string of the molecule is Cc1cccc(C(C)(C)C)c1OCC[N+]1(Cc2ccccc2)CCCCCCC1.[Y]. The van der Waals surface area contributed by atoms with Crippen molar-refractivity contribution < 1.29 is 41.9 Å². The van der Waals surface area contributed by atoms with Gasteiger partial charge in [0.2, 0.25) is 0 Å². The number of para-hydroxylation sites is 1. The number of likely N-dealkylation sites (tertiary alicyclic amines) is 1. The molecule has 0 unspecified atom stereocenters. The number of rotatable bonds is 6. The smallest absolute Gasteiger partial charge is 0.137 e. The van der Waals surface area contributed by atoms with Crippen molar-refractivity contribution in [2.24, 2.45) is 0 Å². The fourth-order valence-corrected chi connectivity index (χ4v) is 4.74. The summed E-state index contributed by atoms with van der Waals surface area (Å²) in [6.45, 7) is 14.6. The molecule has 0 aromatic heterocycles. The first-order chi connectivity index (χ1) is 13.9. The summed E-state index contributed by atoms with van der Waals surface area (Å²) in [6.07, 6.45) is 6.83. The van der Waals surface area contributed by atoms with Crippen LogP contribution in [0.4, 0.5) is 0 Å². The second-order valence-corrected chi connectivity index (χ2v) is 9.97. The normalized spacial score (nSPS) is 16.8. The van der Waals surface area contributed by atoms with Gasteiger partial charge in [-0.05, 0) is 49.1 Å². The maximum absolute atomic E-state index is 6.52. The van der Waals surface area contributed by atoms with Gasteiger partial charge < -0.3 is 9.22 Å². The van der Waals surface area contributed by atoms with Crippen molar-refractivity contribution in [1.29, 1.82) is 0 Å². The molecule has 3 rings (SSSR count). The Morgan fingerprint density at radius 1 is 0.833 bits per heavy atom. The van der Waals surface area contributed by atoms with E-state index in [1.54, 1.807) is 0 Å². The molecule has 3 heteroatoms. The molecule has 1 fully saturated rings. The maximum Gasteiger partial charge on any atom is 0.137 e. The molecule has 1 heterocycles. The Balaban J connectivity index is 0.00000320. The first-order valence-electron chi connectivity index (χ1n) is 11.5. The zero-order chi connectivity index (χ0) is 20.7. The number of ether oxygens (including phenoxy) is 1. The summed E-state index contributed by atoms with van der Waals surface area (Å²) >= 11 is 0. The monoisotopic (exact) mass is 483 g/mol. The molecule has 0 aliphatic carbocycles. The van der Waals surface area contributed by atoms with Gasteiger partial charge in [0.25, 0.3) is 0 Å². The van der Waals surface area contributed by atoms with Crippen LogP contribution in [0.2, 0.25) is 0 Å². The minimum atomic E-state index is 0. The molecule has 30 heavy (non-hydrogen) atoms. The van der Waals surface area contributed by atoms with Crippen LogP contribution in [-0.2, 0) is 44.7 Å². The van der Waals surface area contributed by atoms with Crippen LogP contribution in [0.25, 0.3) is 0 Å². The Labute approximate surface area is 209 Å². The Morgan fingerprint density at radius 2 is 1.47 bits per heavy atom. The molecule has 0 spiro atoms. The van der Waals surface area contributed by atoms with Crippen molar-refractivity contribution in [3.63, 3.8) is 0 Å². The van der Waals surface area contributed by atoms with E-state index >= 15 is 0 Å². The summed E-state index contributed by atoms with van der Waals surface area (Å²) in [5.41, 5.74) is 4.12. The van der Waals surface area contributed by atoms with Gasteiger partial charge in [0.1, 0.15) is 25.4 Å². The van der Waals surface area contributed by atoms with E-state index in [-0.39, 0.29) is 38.1 Å². The maximum atomic E-state index is 6.52. The van der Waals surface area contributed by atoms with Crippen molar-refractivity contribution in [3.8, 4) is 5.75 Å². The summed E-state index contributed by atoms with van der Waals surface area (Å²) in [5.74, 6) is 1.10. The molecule has 2 nitrogen and oxygen atoms in total. The van der Waals surface area contributed by atoms with E-state index in [0.29, 0.717) is 0 Å². The summed E-state index contributed by atoms with van der Waals surface area (Å²) < 4.78 is 7.68. The third kappa shape index (κ3) is 7.18. The molecule has 161 valence electrons. The molecule has 0 amide bonds. The Kier molecular flexibility index (Phi) is 10.0. The molecule has 1 aliphatic heterocycles. The van der Waals surface area contributed by atoms with Crippen molar-refractivity contribution in [2.75, 3.05) is 26.2 Å². The van der Waals surface area contributed by atoms with Crippen LogP contribution in [0, 0.1) is 6.92 Å². The molecule has 0 N–H and O–H groups in total. The van der Waals surface area contributed by atoms with Crippen LogP contribution in [0.5, 0.6) is 5.75 Å². The predicted octanol–water partition coefficient (Wildman–Crippen LogP) is 6.65. The molecule has 2 aromatic carbocycles. The second kappa shape index (κ2) is 11.8. The van der Waals surface area contributed by atoms with Gasteiger partial charge in [0, 0.05) is 38.3 Å². The first-order valence-corrected chi connectivity index (χ1v) is 11.5. The van der Waals surface area contributed by atoms with Gasteiger partial charge in [0.05, 0.1) is 13.1 Å². The summed E-state index contributed by atoms with van der Waals surface area (Å²) in [7, 11) is 0. The van der Waals surface area contributed by atoms with Crippen LogP contribution in [0.1, 0.15) is 69.6 Å². The fourth-order valence-electron chi connectivity index (χ4n) is 4.74. The first kappa shape index (κ1) is 25.6. The zero-order valence-electron chi connectivity index (χ0n) is 19.6. The van der Waals surface area contributed by atoms with Crippen molar-refractivity contribution in [2.45, 2.75) is 71.8 Å². The molecule has 2 aromatic rings. The zero-order valence-corrected chi connectivity index (χ0v) is 22.5. The number of hydrogen-bond acceptors (Lipinski definition) is 1. The van der Waals surface area contributed by atoms with E-state index in [0.717, 1.165) is 25.4 Å². The Morgan fingerprint density at radius 3 is 2.10 bits per heavy atom. The topological polar surface area (TPSA) is 9.23 Å². The van der Waals surface area contributed by atoms with Gasteiger partial charge in [-0.1, -0.05) is 75.7 Å². The number of benzene rings is 2. The molecule has 0 atom stereocenters. The molecule has 1 aliphatic rings. The summed E-state index contributed by atoms with van der Waals surface area (Å²) in [5, 5.41) is 0. The van der Waals surface area contributed by atoms with Gasteiger partial charge >= 0.3 is 0 Å². The number of hydrogen-bond donors (Lipinski definition) is 0. The quantitative estimate of drug-likeness (QED) is 0.418. The second-order valence-electron chi connectivity index (χ2n) is 9.97. The molecule has 0 bridgehead atoms. The fraction of sp³-hybridized carbons (Fsp3) is 0.556. The third-order valence-corrected chi connectivity index (χ3v) is 6.46. The van der Waals surface area contributed by atoms with E-state index in [2.05, 4.69) is 76.2 Å². The summed E-state index contributed by atoms with van der Waals surface area (Å²) in [4.78, 5) is 0. The number of quaternary nitrogens is 1. The molecule has 1 radical (unpaired) electrons. The number of nitrogens with zero attached hydrogens (tertiary/aromatic N) is 1. The van der Waals surface area contributed by atoms with Gasteiger partial charge in [-0.25, -0.2) is 0 Å². The standard InChI is InChI=1S/C27H40NO.Y/c1-23-14-13-17-25(27(2,3)4)26(23)29-21-20-28(18-11-6-5-7-12-19-28)22-24-15-9-8-10-16-24;/h8-10,13-17H,5-7,11-12,18-22H2,1-4H3;/q+1;. The molecular weight excluding hydrogens is 443 g/mol. The van der Waals surface area contributed by atoms with Crippen molar-refractivity contribution in [3.05, 3.63) is 65.2 Å². The van der Waals surface area contributed by atoms with Gasteiger partial charge in [-0.3, -0.25) is 0 Å². The average Bonchev–Trinajstić information content (AvgIpc) is 2.66. The van der Waals surface area contributed by atoms with Crippen LogP contribution in [0.3, 0.4) is 0 Å². The average molecular weight is 484 g/mol. The van der Waals surface area contributed by atoms with Crippen molar-refractivity contribution in [1.82, 2.24) is 0 Å². The van der Waals surface area contributed by atoms with Crippen LogP contribution < -0.4 is 4.74 Å². The third-order valence-electron chi connectivity index (χ3n) is 6.46. The van der Waals surface area contributed by atoms with E-state index in [1.165, 1.54) is 66.4 Å². The summed E-state index contributed by atoms with van der Waals surface area (Å²) in [6, 6.07) is 17.6. The van der Waals surface area contributed by atoms with Crippen LogP contribution in [-0.4, -0.2) is 30.7 Å². The number of aryl methyl sites for hydroxylation is 1. The van der Waals surface area contributed by atoms with Gasteiger partial charge in [-0.15, -0.1) is 0 Å². The van der Waals surface area contributed by atoms with Crippen LogP contribution >= 0.6 is 0 Å². The predicted molar refractivity (Wildman–Crippen MR) is 123 cm³/mol. The largest absolute Gasteiger partial charge is 0.487 e. The molecular formula is C27H40NOY+. The molecule has 0 saturated carbocycles. The minimum Gasteiger partial charge on any atom is -0.487 e. The van der Waals surface area contributed by atoms with E-state index in [1.807, 2.05) is 0 Å². The van der Waals surface area contributed by atoms with Crippen LogP contribution in [0.15, 0.2) is 48.5 Å². The van der Waals surface area contributed by atoms with Gasteiger partial charge in [-0.2, -0.15) is 0 Å². The Hall–Kier alpha value is -0.696. The Bertz CT molecular complexity index is 758. The van der Waals surface area contributed by atoms with E-state index in [4.69, 9.17) is 4.74 Å². The van der Waals surface area contributed by atoms with E-state index < -0.39 is 0 Å². The van der Waals surface area contributed by atoms with Gasteiger partial charge in [0.15, 0.2) is 0 Å². The van der Waals surface area contributed by atoms with Crippen molar-refractivity contribution >= 4 is 0 Å². The molecule has 1 saturated heterocycles. The van der Waals surface area contributed by atoms with E-state index in [9.17, 15) is 0 Å². The minimum absolute atomic E-state index is 0.